The van der Waals surface area contributed by atoms with Crippen molar-refractivity contribution < 1.29 is 0 Å². The topological polar surface area (TPSA) is 44.5 Å². The van der Waals surface area contributed by atoms with Crippen molar-refractivity contribution in [3.05, 3.63) is 44.4 Å². The smallest absolute Gasteiger partial charge is 0.213 e. The van der Waals surface area contributed by atoms with Gasteiger partial charge in [-0.05, 0) is 42.1 Å². The fourth-order valence-electron chi connectivity index (χ4n) is 1.17. The summed E-state index contributed by atoms with van der Waals surface area (Å²) >= 11 is 16.6. The highest BCUT2D eigenvalue weighted by molar-refractivity contribution is 7.71. The lowest BCUT2D eigenvalue weighted by Crippen LogP contribution is -1.77. The molecule has 0 unspecified atom stereocenters. The highest BCUT2D eigenvalue weighted by Gasteiger charge is 1.97. The maximum atomic E-state index is 6.01. The molecule has 0 fully saturated rings. The molecule has 0 aliphatic rings. The van der Waals surface area contributed by atoms with Crippen molar-refractivity contribution in [3.8, 4) is 0 Å². The molecule has 0 spiro atoms. The van der Waals surface area contributed by atoms with E-state index < -0.39 is 0 Å². The molecule has 0 radical (unpaired) electrons. The molecule has 1 heterocycles. The standard InChI is InChI=1S/C10H7Cl2N3S/c11-7-3-1-6(8(12)5-7)2-4-9-13-10(16)15-14-9/h1-5H,(H2,13,14,15,16). The Morgan fingerprint density at radius 1 is 1.19 bits per heavy atom. The summed E-state index contributed by atoms with van der Waals surface area (Å²) in [5, 5.41) is 6.72. The quantitative estimate of drug-likeness (QED) is 0.813. The predicted octanol–water partition coefficient (Wildman–Crippen LogP) is 3.94. The summed E-state index contributed by atoms with van der Waals surface area (Å²) in [6.07, 6.45) is 3.61. The number of rotatable bonds is 2. The molecule has 2 rings (SSSR count). The van der Waals surface area contributed by atoms with Gasteiger partial charge in [0, 0.05) is 10.0 Å². The van der Waals surface area contributed by atoms with Crippen molar-refractivity contribution in [2.45, 2.75) is 0 Å². The molecule has 2 N–H and O–H groups in total. The van der Waals surface area contributed by atoms with E-state index in [-0.39, 0.29) is 0 Å². The summed E-state index contributed by atoms with van der Waals surface area (Å²) in [5.74, 6) is 0.649. The van der Waals surface area contributed by atoms with E-state index in [1.54, 1.807) is 18.2 Å². The minimum absolute atomic E-state index is 0.418. The second-order valence-electron chi connectivity index (χ2n) is 3.05. The lowest BCUT2D eigenvalue weighted by atomic mass is 10.2. The molecule has 2 aromatic rings. The molecular formula is C10H7Cl2N3S. The van der Waals surface area contributed by atoms with Gasteiger partial charge in [0.2, 0.25) is 4.77 Å². The first-order chi connectivity index (χ1) is 7.65. The lowest BCUT2D eigenvalue weighted by molar-refractivity contribution is 1.07. The SMILES string of the molecule is S=c1nc(C=Cc2ccc(Cl)cc2Cl)[nH][nH]1. The molecule has 0 aliphatic carbocycles. The molecule has 0 atom stereocenters. The van der Waals surface area contributed by atoms with E-state index in [1.165, 1.54) is 0 Å². The van der Waals surface area contributed by atoms with Crippen LogP contribution in [0.2, 0.25) is 10.0 Å². The third-order valence-corrected chi connectivity index (χ3v) is 2.66. The van der Waals surface area contributed by atoms with Crippen molar-refractivity contribution in [2.24, 2.45) is 0 Å². The highest BCUT2D eigenvalue weighted by atomic mass is 35.5. The molecule has 0 bridgehead atoms. The van der Waals surface area contributed by atoms with Crippen LogP contribution in [0.25, 0.3) is 12.2 Å². The zero-order valence-electron chi connectivity index (χ0n) is 8.00. The Labute approximate surface area is 107 Å². The molecule has 0 saturated carbocycles. The summed E-state index contributed by atoms with van der Waals surface area (Å²) in [6.45, 7) is 0. The van der Waals surface area contributed by atoms with Gasteiger partial charge in [0.05, 0.1) is 0 Å². The molecule has 16 heavy (non-hydrogen) atoms. The maximum Gasteiger partial charge on any atom is 0.213 e. The van der Waals surface area contributed by atoms with Crippen molar-refractivity contribution in [1.29, 1.82) is 0 Å². The summed E-state index contributed by atoms with van der Waals surface area (Å²) in [5.41, 5.74) is 0.869. The minimum atomic E-state index is 0.418. The van der Waals surface area contributed by atoms with Gasteiger partial charge in [0.15, 0.2) is 0 Å². The van der Waals surface area contributed by atoms with Crippen LogP contribution in [0.5, 0.6) is 0 Å². The zero-order valence-corrected chi connectivity index (χ0v) is 10.3. The van der Waals surface area contributed by atoms with Gasteiger partial charge >= 0.3 is 0 Å². The van der Waals surface area contributed by atoms with Crippen LogP contribution in [0.3, 0.4) is 0 Å². The van der Waals surface area contributed by atoms with E-state index in [2.05, 4.69) is 15.2 Å². The van der Waals surface area contributed by atoms with Crippen molar-refractivity contribution in [1.82, 2.24) is 15.2 Å². The van der Waals surface area contributed by atoms with Crippen LogP contribution in [-0.2, 0) is 0 Å². The number of aromatic amines is 2. The van der Waals surface area contributed by atoms with E-state index in [1.807, 2.05) is 12.1 Å². The fraction of sp³-hybridized carbons (Fsp3) is 0. The average molecular weight is 272 g/mol. The monoisotopic (exact) mass is 271 g/mol. The first-order valence-electron chi connectivity index (χ1n) is 4.43. The second kappa shape index (κ2) is 4.82. The van der Waals surface area contributed by atoms with Crippen LogP contribution >= 0.6 is 35.4 Å². The van der Waals surface area contributed by atoms with E-state index in [0.29, 0.717) is 20.6 Å². The molecule has 0 amide bonds. The summed E-state index contributed by atoms with van der Waals surface area (Å²) < 4.78 is 0.418. The molecule has 1 aromatic heterocycles. The molecular weight excluding hydrogens is 265 g/mol. The number of hydrogen-bond acceptors (Lipinski definition) is 2. The van der Waals surface area contributed by atoms with Gasteiger partial charge in [0.1, 0.15) is 5.82 Å². The zero-order chi connectivity index (χ0) is 11.5. The number of nitrogens with one attached hydrogen (secondary N) is 2. The predicted molar refractivity (Wildman–Crippen MR) is 69.2 cm³/mol. The normalized spacial score (nSPS) is 11.1. The molecule has 1 aromatic carbocycles. The van der Waals surface area contributed by atoms with Gasteiger partial charge in [-0.1, -0.05) is 29.3 Å². The van der Waals surface area contributed by atoms with Gasteiger partial charge in [0.25, 0.3) is 0 Å². The minimum Gasteiger partial charge on any atom is -0.282 e. The second-order valence-corrected chi connectivity index (χ2v) is 4.28. The fourth-order valence-corrected chi connectivity index (χ4v) is 1.79. The maximum absolute atomic E-state index is 6.01. The van der Waals surface area contributed by atoms with Gasteiger partial charge in [-0.15, -0.1) is 0 Å². The van der Waals surface area contributed by atoms with Crippen LogP contribution in [0.4, 0.5) is 0 Å². The number of halogens is 2. The lowest BCUT2D eigenvalue weighted by Gasteiger charge is -1.97. The van der Waals surface area contributed by atoms with Gasteiger partial charge in [-0.2, -0.15) is 0 Å². The first-order valence-corrected chi connectivity index (χ1v) is 5.59. The van der Waals surface area contributed by atoms with Gasteiger partial charge < -0.3 is 0 Å². The van der Waals surface area contributed by atoms with E-state index in [9.17, 15) is 0 Å². The Morgan fingerprint density at radius 2 is 2.00 bits per heavy atom. The molecule has 0 aliphatic heterocycles. The van der Waals surface area contributed by atoms with E-state index in [4.69, 9.17) is 35.4 Å². The van der Waals surface area contributed by atoms with Crippen LogP contribution in [-0.4, -0.2) is 15.2 Å². The number of H-pyrrole nitrogens is 2. The van der Waals surface area contributed by atoms with E-state index >= 15 is 0 Å². The van der Waals surface area contributed by atoms with Crippen LogP contribution in [0, 0.1) is 4.77 Å². The summed E-state index contributed by atoms with van der Waals surface area (Å²) in [7, 11) is 0. The third-order valence-electron chi connectivity index (χ3n) is 1.90. The Balaban J connectivity index is 2.27. The Morgan fingerprint density at radius 3 is 2.62 bits per heavy atom. The highest BCUT2D eigenvalue weighted by Crippen LogP contribution is 2.22. The molecule has 82 valence electrons. The van der Waals surface area contributed by atoms with Gasteiger partial charge in [-0.25, -0.2) is 4.98 Å². The number of benzene rings is 1. The van der Waals surface area contributed by atoms with Gasteiger partial charge in [-0.3, -0.25) is 10.2 Å². The van der Waals surface area contributed by atoms with Crippen molar-refractivity contribution in [3.63, 3.8) is 0 Å². The Hall–Kier alpha value is -1.10. The average Bonchev–Trinajstić information content (AvgIpc) is 2.63. The van der Waals surface area contributed by atoms with Crippen molar-refractivity contribution >= 4 is 47.6 Å². The van der Waals surface area contributed by atoms with Crippen LogP contribution < -0.4 is 0 Å². The Kier molecular flexibility index (Phi) is 3.43. The molecule has 0 saturated heterocycles. The first kappa shape index (κ1) is 11.4. The van der Waals surface area contributed by atoms with Crippen LogP contribution in [0.15, 0.2) is 18.2 Å². The number of aromatic nitrogens is 3. The summed E-state index contributed by atoms with van der Waals surface area (Å²) in [6, 6.07) is 5.30. The largest absolute Gasteiger partial charge is 0.282 e. The number of hydrogen-bond donors (Lipinski definition) is 2. The molecule has 3 nitrogen and oxygen atoms in total. The summed E-state index contributed by atoms with van der Waals surface area (Å²) in [4.78, 5) is 4.02. The van der Waals surface area contributed by atoms with Crippen molar-refractivity contribution in [2.75, 3.05) is 0 Å². The number of nitrogens with zero attached hydrogens (tertiary/aromatic N) is 1. The van der Waals surface area contributed by atoms with E-state index in [0.717, 1.165) is 5.56 Å². The Bertz CT molecular complexity index is 586. The van der Waals surface area contributed by atoms with Crippen LogP contribution in [0.1, 0.15) is 11.4 Å². The third kappa shape index (κ3) is 2.72. The molecule has 6 heteroatoms.